The Bertz CT molecular complexity index is 467. The zero-order chi connectivity index (χ0) is 13.7. The smallest absolute Gasteiger partial charge is 0.162 e. The summed E-state index contributed by atoms with van der Waals surface area (Å²) in [6.45, 7) is 2.40. The van der Waals surface area contributed by atoms with Gasteiger partial charge in [0.25, 0.3) is 0 Å². The van der Waals surface area contributed by atoms with E-state index in [1.54, 1.807) is 18.2 Å². The van der Waals surface area contributed by atoms with E-state index in [0.717, 1.165) is 25.7 Å². The molecule has 0 saturated heterocycles. The standard InChI is InChI=1S/C15H19NO3/c1-2-18-15-9-11(10-16)7-8-14(15)19-13-6-4-3-5-12(13)17/h7-9,12-13,17H,2-6H2,1H3. The topological polar surface area (TPSA) is 62.5 Å². The van der Waals surface area contributed by atoms with Crippen LogP contribution in [0.2, 0.25) is 0 Å². The third-order valence-electron chi connectivity index (χ3n) is 3.32. The molecule has 0 aliphatic heterocycles. The Morgan fingerprint density at radius 3 is 2.79 bits per heavy atom. The highest BCUT2D eigenvalue weighted by atomic mass is 16.5. The molecule has 4 nitrogen and oxygen atoms in total. The maximum absolute atomic E-state index is 9.93. The van der Waals surface area contributed by atoms with Crippen molar-refractivity contribution in [2.45, 2.75) is 44.8 Å². The molecule has 0 aromatic heterocycles. The van der Waals surface area contributed by atoms with Crippen molar-refractivity contribution in [1.82, 2.24) is 0 Å². The summed E-state index contributed by atoms with van der Waals surface area (Å²) in [5.41, 5.74) is 0.542. The van der Waals surface area contributed by atoms with Crippen LogP contribution < -0.4 is 9.47 Å². The average Bonchev–Trinajstić information content (AvgIpc) is 2.43. The number of hydrogen-bond acceptors (Lipinski definition) is 4. The number of nitrogens with zero attached hydrogens (tertiary/aromatic N) is 1. The zero-order valence-corrected chi connectivity index (χ0v) is 11.1. The third kappa shape index (κ3) is 3.39. The first-order valence-corrected chi connectivity index (χ1v) is 6.76. The molecule has 1 aromatic rings. The Morgan fingerprint density at radius 1 is 1.32 bits per heavy atom. The molecule has 19 heavy (non-hydrogen) atoms. The molecule has 0 radical (unpaired) electrons. The second kappa shape index (κ2) is 6.44. The summed E-state index contributed by atoms with van der Waals surface area (Å²) in [5.74, 6) is 1.17. The number of hydrogen-bond donors (Lipinski definition) is 1. The summed E-state index contributed by atoms with van der Waals surface area (Å²) < 4.78 is 11.4. The molecule has 0 bridgehead atoms. The van der Waals surface area contributed by atoms with Crippen LogP contribution in [-0.4, -0.2) is 23.9 Å². The molecule has 0 spiro atoms. The molecule has 2 rings (SSSR count). The number of aliphatic hydroxyl groups is 1. The maximum Gasteiger partial charge on any atom is 0.162 e. The molecule has 102 valence electrons. The van der Waals surface area contributed by atoms with E-state index < -0.39 is 6.10 Å². The number of nitriles is 1. The van der Waals surface area contributed by atoms with Crippen LogP contribution in [0.3, 0.4) is 0 Å². The molecule has 0 amide bonds. The quantitative estimate of drug-likeness (QED) is 0.905. The summed E-state index contributed by atoms with van der Waals surface area (Å²) in [4.78, 5) is 0. The van der Waals surface area contributed by atoms with Crippen molar-refractivity contribution in [2.75, 3.05) is 6.61 Å². The molecule has 1 aliphatic rings. The fourth-order valence-electron chi connectivity index (χ4n) is 2.32. The van der Waals surface area contributed by atoms with Gasteiger partial charge < -0.3 is 14.6 Å². The summed E-state index contributed by atoms with van der Waals surface area (Å²) in [5, 5.41) is 18.8. The van der Waals surface area contributed by atoms with Crippen LogP contribution in [0.1, 0.15) is 38.2 Å². The number of ether oxygens (including phenoxy) is 2. The Kier molecular flexibility index (Phi) is 4.64. The van der Waals surface area contributed by atoms with Gasteiger partial charge in [-0.25, -0.2) is 0 Å². The van der Waals surface area contributed by atoms with Gasteiger partial charge in [0.15, 0.2) is 11.5 Å². The lowest BCUT2D eigenvalue weighted by Crippen LogP contribution is -2.34. The highest BCUT2D eigenvalue weighted by Gasteiger charge is 2.25. The number of rotatable bonds is 4. The molecule has 1 N–H and O–H groups in total. The molecule has 2 atom stereocenters. The Morgan fingerprint density at radius 2 is 2.11 bits per heavy atom. The molecule has 1 fully saturated rings. The summed E-state index contributed by atoms with van der Waals surface area (Å²) in [6.07, 6.45) is 3.16. The lowest BCUT2D eigenvalue weighted by atomic mass is 9.95. The van der Waals surface area contributed by atoms with E-state index in [1.807, 2.05) is 6.92 Å². The van der Waals surface area contributed by atoms with Crippen LogP contribution in [-0.2, 0) is 0 Å². The first-order valence-electron chi connectivity index (χ1n) is 6.76. The lowest BCUT2D eigenvalue weighted by Gasteiger charge is -2.28. The molecule has 0 heterocycles. The monoisotopic (exact) mass is 261 g/mol. The van der Waals surface area contributed by atoms with Gasteiger partial charge in [-0.1, -0.05) is 6.42 Å². The lowest BCUT2D eigenvalue weighted by molar-refractivity contribution is 0.00545. The minimum atomic E-state index is -0.418. The normalized spacial score (nSPS) is 22.6. The van der Waals surface area contributed by atoms with Gasteiger partial charge in [-0.3, -0.25) is 0 Å². The van der Waals surface area contributed by atoms with E-state index in [2.05, 4.69) is 6.07 Å². The van der Waals surface area contributed by atoms with E-state index in [4.69, 9.17) is 14.7 Å². The zero-order valence-electron chi connectivity index (χ0n) is 11.1. The molecular weight excluding hydrogens is 242 g/mol. The van der Waals surface area contributed by atoms with E-state index in [0.29, 0.717) is 23.7 Å². The molecule has 2 unspecified atom stereocenters. The fourth-order valence-corrected chi connectivity index (χ4v) is 2.32. The van der Waals surface area contributed by atoms with E-state index in [9.17, 15) is 5.11 Å². The predicted molar refractivity (Wildman–Crippen MR) is 71.2 cm³/mol. The second-order valence-electron chi connectivity index (χ2n) is 4.71. The Hall–Kier alpha value is -1.73. The van der Waals surface area contributed by atoms with Crippen LogP contribution >= 0.6 is 0 Å². The van der Waals surface area contributed by atoms with Crippen molar-refractivity contribution in [3.63, 3.8) is 0 Å². The molecular formula is C15H19NO3. The van der Waals surface area contributed by atoms with Gasteiger partial charge >= 0.3 is 0 Å². The Balaban J connectivity index is 2.16. The molecule has 1 aromatic carbocycles. The summed E-state index contributed by atoms with van der Waals surface area (Å²) in [7, 11) is 0. The summed E-state index contributed by atoms with van der Waals surface area (Å²) >= 11 is 0. The first kappa shape index (κ1) is 13.7. The van der Waals surface area contributed by atoms with Crippen LogP contribution in [0.4, 0.5) is 0 Å². The van der Waals surface area contributed by atoms with Gasteiger partial charge in [0.2, 0.25) is 0 Å². The van der Waals surface area contributed by atoms with Crippen molar-refractivity contribution >= 4 is 0 Å². The number of aliphatic hydroxyl groups excluding tert-OH is 1. The van der Waals surface area contributed by atoms with Crippen molar-refractivity contribution in [3.8, 4) is 17.6 Å². The largest absolute Gasteiger partial charge is 0.490 e. The molecule has 1 aliphatic carbocycles. The van der Waals surface area contributed by atoms with Crippen molar-refractivity contribution in [2.24, 2.45) is 0 Å². The van der Waals surface area contributed by atoms with Gasteiger partial charge in [0.05, 0.1) is 24.3 Å². The minimum Gasteiger partial charge on any atom is -0.490 e. The second-order valence-corrected chi connectivity index (χ2v) is 4.71. The number of benzene rings is 1. The van der Waals surface area contributed by atoms with Crippen LogP contribution in [0.25, 0.3) is 0 Å². The van der Waals surface area contributed by atoms with Gasteiger partial charge in [-0.15, -0.1) is 0 Å². The minimum absolute atomic E-state index is 0.180. The highest BCUT2D eigenvalue weighted by molar-refractivity contribution is 5.46. The van der Waals surface area contributed by atoms with Crippen molar-refractivity contribution in [1.29, 1.82) is 5.26 Å². The molecule has 1 saturated carbocycles. The van der Waals surface area contributed by atoms with Gasteiger partial charge in [-0.05, 0) is 38.3 Å². The Labute approximate surface area is 113 Å². The van der Waals surface area contributed by atoms with Crippen LogP contribution in [0, 0.1) is 11.3 Å². The van der Waals surface area contributed by atoms with E-state index >= 15 is 0 Å². The van der Waals surface area contributed by atoms with Crippen molar-refractivity contribution < 1.29 is 14.6 Å². The van der Waals surface area contributed by atoms with Gasteiger partial charge in [-0.2, -0.15) is 5.26 Å². The van der Waals surface area contributed by atoms with Gasteiger partial charge in [0.1, 0.15) is 6.10 Å². The van der Waals surface area contributed by atoms with Crippen molar-refractivity contribution in [3.05, 3.63) is 23.8 Å². The van der Waals surface area contributed by atoms with Crippen LogP contribution in [0.15, 0.2) is 18.2 Å². The summed E-state index contributed by atoms with van der Waals surface area (Å²) in [6, 6.07) is 7.20. The maximum atomic E-state index is 9.93. The van der Waals surface area contributed by atoms with E-state index in [-0.39, 0.29) is 6.10 Å². The molecule has 4 heteroatoms. The SMILES string of the molecule is CCOc1cc(C#N)ccc1OC1CCCCC1O. The first-order chi connectivity index (χ1) is 9.24. The predicted octanol–water partition coefficient (Wildman–Crippen LogP) is 2.64. The van der Waals surface area contributed by atoms with E-state index in [1.165, 1.54) is 0 Å². The third-order valence-corrected chi connectivity index (χ3v) is 3.32. The van der Waals surface area contributed by atoms with Gasteiger partial charge in [0, 0.05) is 6.07 Å². The average molecular weight is 261 g/mol. The fraction of sp³-hybridized carbons (Fsp3) is 0.533. The van der Waals surface area contributed by atoms with Crippen LogP contribution in [0.5, 0.6) is 11.5 Å². The highest BCUT2D eigenvalue weighted by Crippen LogP contribution is 2.32.